The fourth-order valence-electron chi connectivity index (χ4n) is 1.63. The van der Waals surface area contributed by atoms with E-state index in [9.17, 15) is 10.1 Å². The van der Waals surface area contributed by atoms with Gasteiger partial charge in [-0.05, 0) is 23.8 Å². The van der Waals surface area contributed by atoms with Crippen molar-refractivity contribution in [1.82, 2.24) is 0 Å². The minimum atomic E-state index is -0.455. The van der Waals surface area contributed by atoms with E-state index >= 15 is 0 Å². The van der Waals surface area contributed by atoms with Crippen molar-refractivity contribution in [2.45, 2.75) is 0 Å². The van der Waals surface area contributed by atoms with E-state index in [4.69, 9.17) is 4.74 Å². The monoisotopic (exact) mass is 271 g/mol. The molecule has 0 saturated heterocycles. The van der Waals surface area contributed by atoms with Gasteiger partial charge in [-0.2, -0.15) is 5.10 Å². The molecule has 0 atom stereocenters. The van der Waals surface area contributed by atoms with E-state index in [2.05, 4.69) is 10.5 Å². The average molecular weight is 271 g/mol. The van der Waals surface area contributed by atoms with E-state index in [1.807, 2.05) is 24.3 Å². The van der Waals surface area contributed by atoms with Gasteiger partial charge in [0.1, 0.15) is 11.4 Å². The quantitative estimate of drug-likeness (QED) is 0.515. The standard InChI is InChI=1S/C14H13N3O3/c1-20-12-6-4-5-11(9-12)10-15-16-13-7-2-3-8-14(13)17(18)19/h2-10,16H,1H3/b15-10-. The Kier molecular flexibility index (Phi) is 4.28. The molecule has 2 aromatic rings. The zero-order chi connectivity index (χ0) is 14.4. The van der Waals surface area contributed by atoms with Crippen LogP contribution < -0.4 is 10.2 Å². The number of nitro groups is 1. The van der Waals surface area contributed by atoms with Crippen molar-refractivity contribution in [1.29, 1.82) is 0 Å². The second kappa shape index (κ2) is 6.33. The first-order chi connectivity index (χ1) is 9.70. The Labute approximate surface area is 115 Å². The number of para-hydroxylation sites is 2. The maximum absolute atomic E-state index is 10.8. The lowest BCUT2D eigenvalue weighted by Crippen LogP contribution is -1.96. The lowest BCUT2D eigenvalue weighted by Gasteiger charge is -2.02. The molecule has 0 heterocycles. The Morgan fingerprint density at radius 1 is 1.25 bits per heavy atom. The van der Waals surface area contributed by atoms with Gasteiger partial charge in [0.05, 0.1) is 18.2 Å². The summed E-state index contributed by atoms with van der Waals surface area (Å²) in [5, 5.41) is 14.8. The van der Waals surface area contributed by atoms with Crippen LogP contribution in [0.4, 0.5) is 11.4 Å². The topological polar surface area (TPSA) is 76.8 Å². The lowest BCUT2D eigenvalue weighted by atomic mass is 10.2. The van der Waals surface area contributed by atoms with Crippen molar-refractivity contribution in [3.63, 3.8) is 0 Å². The summed E-state index contributed by atoms with van der Waals surface area (Å²) >= 11 is 0. The molecule has 1 N–H and O–H groups in total. The largest absolute Gasteiger partial charge is 0.497 e. The molecule has 6 heteroatoms. The zero-order valence-corrected chi connectivity index (χ0v) is 10.8. The van der Waals surface area contributed by atoms with E-state index in [1.165, 1.54) is 6.07 Å². The van der Waals surface area contributed by atoms with Gasteiger partial charge in [0.15, 0.2) is 0 Å². The molecule has 0 aromatic heterocycles. The molecule has 0 bridgehead atoms. The maximum atomic E-state index is 10.8. The highest BCUT2D eigenvalue weighted by molar-refractivity contribution is 5.81. The molecule has 0 spiro atoms. The van der Waals surface area contributed by atoms with Crippen molar-refractivity contribution in [3.05, 3.63) is 64.2 Å². The van der Waals surface area contributed by atoms with Crippen LogP contribution in [-0.2, 0) is 0 Å². The number of benzene rings is 2. The normalized spacial score (nSPS) is 10.4. The first kappa shape index (κ1) is 13.5. The summed E-state index contributed by atoms with van der Waals surface area (Å²) < 4.78 is 5.10. The molecule has 2 rings (SSSR count). The Morgan fingerprint density at radius 2 is 2.05 bits per heavy atom. The van der Waals surface area contributed by atoms with Crippen molar-refractivity contribution in [2.75, 3.05) is 12.5 Å². The van der Waals surface area contributed by atoms with Gasteiger partial charge in [0.25, 0.3) is 5.69 Å². The van der Waals surface area contributed by atoms with E-state index in [0.717, 1.165) is 11.3 Å². The van der Waals surface area contributed by atoms with Gasteiger partial charge in [-0.15, -0.1) is 0 Å². The molecule has 0 saturated carbocycles. The van der Waals surface area contributed by atoms with Crippen LogP contribution in [0.1, 0.15) is 5.56 Å². The van der Waals surface area contributed by atoms with Crippen LogP contribution in [0.2, 0.25) is 0 Å². The molecule has 0 radical (unpaired) electrons. The number of nitrogens with zero attached hydrogens (tertiary/aromatic N) is 2. The van der Waals surface area contributed by atoms with Gasteiger partial charge >= 0.3 is 0 Å². The molecule has 0 aliphatic heterocycles. The third-order valence-corrected chi connectivity index (χ3v) is 2.59. The molecule has 20 heavy (non-hydrogen) atoms. The fraction of sp³-hybridized carbons (Fsp3) is 0.0714. The minimum absolute atomic E-state index is 0.0182. The third-order valence-electron chi connectivity index (χ3n) is 2.59. The second-order valence-electron chi connectivity index (χ2n) is 3.92. The summed E-state index contributed by atoms with van der Waals surface area (Å²) in [5.74, 6) is 0.722. The zero-order valence-electron chi connectivity index (χ0n) is 10.8. The highest BCUT2D eigenvalue weighted by atomic mass is 16.6. The predicted octanol–water partition coefficient (Wildman–Crippen LogP) is 3.05. The van der Waals surface area contributed by atoms with Crippen molar-refractivity contribution >= 4 is 17.6 Å². The molecule has 102 valence electrons. The highest BCUT2D eigenvalue weighted by Gasteiger charge is 2.10. The number of nitro benzene ring substituents is 1. The summed E-state index contributed by atoms with van der Waals surface area (Å²) in [6.07, 6.45) is 1.57. The van der Waals surface area contributed by atoms with Crippen LogP contribution in [0.3, 0.4) is 0 Å². The number of ether oxygens (including phenoxy) is 1. The summed E-state index contributed by atoms with van der Waals surface area (Å²) in [4.78, 5) is 10.4. The molecule has 0 unspecified atom stereocenters. The number of hydrogen-bond acceptors (Lipinski definition) is 5. The van der Waals surface area contributed by atoms with Crippen LogP contribution in [-0.4, -0.2) is 18.2 Å². The van der Waals surface area contributed by atoms with Gasteiger partial charge in [-0.25, -0.2) is 0 Å². The van der Waals surface area contributed by atoms with E-state index in [0.29, 0.717) is 5.69 Å². The van der Waals surface area contributed by atoms with Gasteiger partial charge in [-0.1, -0.05) is 24.3 Å². The number of methoxy groups -OCH3 is 1. The SMILES string of the molecule is COc1cccc(/C=N\Nc2ccccc2[N+](=O)[O-])c1. The number of hydrogen-bond donors (Lipinski definition) is 1. The molecule has 0 amide bonds. The van der Waals surface area contributed by atoms with Crippen LogP contribution in [0.15, 0.2) is 53.6 Å². The van der Waals surface area contributed by atoms with Gasteiger partial charge < -0.3 is 4.74 Å². The first-order valence-electron chi connectivity index (χ1n) is 5.87. The second-order valence-corrected chi connectivity index (χ2v) is 3.92. The lowest BCUT2D eigenvalue weighted by molar-refractivity contribution is -0.384. The van der Waals surface area contributed by atoms with Crippen molar-refractivity contribution in [3.8, 4) is 5.75 Å². The van der Waals surface area contributed by atoms with E-state index in [-0.39, 0.29) is 5.69 Å². The van der Waals surface area contributed by atoms with Gasteiger partial charge in [-0.3, -0.25) is 15.5 Å². The molecular weight excluding hydrogens is 258 g/mol. The van der Waals surface area contributed by atoms with E-state index < -0.39 is 4.92 Å². The van der Waals surface area contributed by atoms with Crippen molar-refractivity contribution < 1.29 is 9.66 Å². The molecule has 0 aliphatic rings. The number of anilines is 1. The van der Waals surface area contributed by atoms with Gasteiger partial charge in [0, 0.05) is 6.07 Å². The summed E-state index contributed by atoms with van der Waals surface area (Å²) in [7, 11) is 1.59. The van der Waals surface area contributed by atoms with Crippen LogP contribution in [0, 0.1) is 10.1 Å². The first-order valence-corrected chi connectivity index (χ1v) is 5.87. The Hall–Kier alpha value is -2.89. The molecular formula is C14H13N3O3. The predicted molar refractivity (Wildman–Crippen MR) is 77.3 cm³/mol. The van der Waals surface area contributed by atoms with Gasteiger partial charge in [0.2, 0.25) is 0 Å². The highest BCUT2D eigenvalue weighted by Crippen LogP contribution is 2.22. The maximum Gasteiger partial charge on any atom is 0.294 e. The summed E-state index contributed by atoms with van der Waals surface area (Å²) in [5.41, 5.74) is 3.82. The number of rotatable bonds is 5. The smallest absolute Gasteiger partial charge is 0.294 e. The Balaban J connectivity index is 2.12. The molecule has 6 nitrogen and oxygen atoms in total. The fourth-order valence-corrected chi connectivity index (χ4v) is 1.63. The summed E-state index contributed by atoms with van der Waals surface area (Å²) in [6, 6.07) is 13.7. The summed E-state index contributed by atoms with van der Waals surface area (Å²) in [6.45, 7) is 0. The molecule has 2 aromatic carbocycles. The molecule has 0 aliphatic carbocycles. The Bertz CT molecular complexity index is 641. The number of nitrogens with one attached hydrogen (secondary N) is 1. The van der Waals surface area contributed by atoms with Crippen LogP contribution in [0.5, 0.6) is 5.75 Å². The van der Waals surface area contributed by atoms with E-state index in [1.54, 1.807) is 31.5 Å². The minimum Gasteiger partial charge on any atom is -0.497 e. The van der Waals surface area contributed by atoms with Crippen LogP contribution in [0.25, 0.3) is 0 Å². The number of hydrazone groups is 1. The average Bonchev–Trinajstić information content (AvgIpc) is 2.48. The third kappa shape index (κ3) is 3.32. The van der Waals surface area contributed by atoms with Crippen LogP contribution >= 0.6 is 0 Å². The van der Waals surface area contributed by atoms with Crippen molar-refractivity contribution in [2.24, 2.45) is 5.10 Å². The molecule has 0 fully saturated rings. The Morgan fingerprint density at radius 3 is 2.80 bits per heavy atom.